The molecule has 0 radical (unpaired) electrons. The van der Waals surface area contributed by atoms with E-state index < -0.39 is 0 Å². The van der Waals surface area contributed by atoms with Crippen LogP contribution in [0.1, 0.15) is 22.3 Å². The molecule has 0 atom stereocenters. The molecule has 2 aromatic rings. The molecular weight excluding hydrogens is 264 g/mol. The Morgan fingerprint density at radius 3 is 2.52 bits per heavy atom. The number of aryl methyl sites for hydroxylation is 2. The molecule has 0 aromatic heterocycles. The molecule has 0 fully saturated rings. The molecule has 0 saturated carbocycles. The van der Waals surface area contributed by atoms with Crippen molar-refractivity contribution in [3.05, 3.63) is 52.6 Å². The van der Waals surface area contributed by atoms with Crippen LogP contribution in [0.2, 0.25) is 0 Å². The van der Waals surface area contributed by atoms with Gasteiger partial charge in [0.2, 0.25) is 0 Å². The van der Waals surface area contributed by atoms with Crippen LogP contribution in [0.25, 0.3) is 0 Å². The zero-order valence-corrected chi connectivity index (χ0v) is 12.4. The molecule has 2 N–H and O–H groups in total. The van der Waals surface area contributed by atoms with Gasteiger partial charge in [-0.1, -0.05) is 0 Å². The van der Waals surface area contributed by atoms with Crippen LogP contribution < -0.4 is 15.2 Å². The number of nitrogens with two attached hydrogens (primary N) is 1. The van der Waals surface area contributed by atoms with Crippen LogP contribution in [0.15, 0.2) is 30.3 Å². The molecule has 0 spiro atoms. The monoisotopic (exact) mass is 282 g/mol. The maximum Gasteiger partial charge on any atom is 0.125 e. The molecule has 0 aliphatic carbocycles. The summed E-state index contributed by atoms with van der Waals surface area (Å²) in [5.41, 5.74) is 10.0. The van der Waals surface area contributed by atoms with Crippen LogP contribution in [0.4, 0.5) is 5.69 Å². The molecule has 0 bridgehead atoms. The van der Waals surface area contributed by atoms with Crippen molar-refractivity contribution in [3.8, 4) is 17.6 Å². The largest absolute Gasteiger partial charge is 0.496 e. The standard InChI is InChI=1S/C17H18N2O2/c1-11-7-17(12(2)6-15(11)19)21-10-14-8-13(9-18)4-5-16(14)20-3/h4-8H,10,19H2,1-3H3. The fraction of sp³-hybridized carbons (Fsp3) is 0.235. The lowest BCUT2D eigenvalue weighted by Gasteiger charge is -2.13. The number of nitrogen functional groups attached to an aromatic ring is 1. The van der Waals surface area contributed by atoms with E-state index in [0.29, 0.717) is 17.9 Å². The summed E-state index contributed by atoms with van der Waals surface area (Å²) < 4.78 is 11.2. The normalized spacial score (nSPS) is 10.0. The Balaban J connectivity index is 2.24. The average Bonchev–Trinajstić information content (AvgIpc) is 2.49. The predicted molar refractivity (Wildman–Crippen MR) is 82.4 cm³/mol. The SMILES string of the molecule is COc1ccc(C#N)cc1COc1cc(C)c(N)cc1C. The summed E-state index contributed by atoms with van der Waals surface area (Å²) >= 11 is 0. The fourth-order valence-corrected chi connectivity index (χ4v) is 2.08. The van der Waals surface area contributed by atoms with Gasteiger partial charge in [-0.05, 0) is 55.3 Å². The summed E-state index contributed by atoms with van der Waals surface area (Å²) in [6.07, 6.45) is 0. The van der Waals surface area contributed by atoms with Gasteiger partial charge in [0.15, 0.2) is 0 Å². The van der Waals surface area contributed by atoms with Crippen molar-refractivity contribution in [2.75, 3.05) is 12.8 Å². The van der Waals surface area contributed by atoms with Crippen molar-refractivity contribution in [1.29, 1.82) is 5.26 Å². The van der Waals surface area contributed by atoms with Gasteiger partial charge in [0, 0.05) is 11.3 Å². The predicted octanol–water partition coefficient (Wildman–Crippen LogP) is 3.34. The second-order valence-corrected chi connectivity index (χ2v) is 4.90. The Kier molecular flexibility index (Phi) is 4.34. The van der Waals surface area contributed by atoms with Crippen molar-refractivity contribution in [2.45, 2.75) is 20.5 Å². The summed E-state index contributed by atoms with van der Waals surface area (Å²) in [6, 6.07) is 11.2. The van der Waals surface area contributed by atoms with Crippen LogP contribution in [0, 0.1) is 25.2 Å². The van der Waals surface area contributed by atoms with Gasteiger partial charge in [-0.15, -0.1) is 0 Å². The van der Waals surface area contributed by atoms with Gasteiger partial charge in [-0.2, -0.15) is 5.26 Å². The molecule has 4 nitrogen and oxygen atoms in total. The first-order chi connectivity index (χ1) is 10.0. The summed E-state index contributed by atoms with van der Waals surface area (Å²) in [7, 11) is 1.60. The number of rotatable bonds is 4. The Bertz CT molecular complexity index is 703. The van der Waals surface area contributed by atoms with E-state index in [9.17, 15) is 0 Å². The second-order valence-electron chi connectivity index (χ2n) is 4.90. The topological polar surface area (TPSA) is 68.3 Å². The van der Waals surface area contributed by atoms with Gasteiger partial charge >= 0.3 is 0 Å². The van der Waals surface area contributed by atoms with Gasteiger partial charge in [0.1, 0.15) is 18.1 Å². The number of methoxy groups -OCH3 is 1. The van der Waals surface area contributed by atoms with Gasteiger partial charge in [0.25, 0.3) is 0 Å². The van der Waals surface area contributed by atoms with E-state index in [1.807, 2.05) is 26.0 Å². The van der Waals surface area contributed by atoms with Crippen LogP contribution in [-0.2, 0) is 6.61 Å². The van der Waals surface area contributed by atoms with E-state index in [0.717, 1.165) is 28.1 Å². The van der Waals surface area contributed by atoms with Crippen LogP contribution in [0.3, 0.4) is 0 Å². The first-order valence-electron chi connectivity index (χ1n) is 6.61. The number of hydrogen-bond donors (Lipinski definition) is 1. The molecule has 0 heterocycles. The lowest BCUT2D eigenvalue weighted by molar-refractivity contribution is 0.294. The summed E-state index contributed by atoms with van der Waals surface area (Å²) in [4.78, 5) is 0. The lowest BCUT2D eigenvalue weighted by Crippen LogP contribution is -2.01. The Hall–Kier alpha value is -2.67. The van der Waals surface area contributed by atoms with Gasteiger partial charge in [-0.25, -0.2) is 0 Å². The lowest BCUT2D eigenvalue weighted by atomic mass is 10.1. The third-order valence-corrected chi connectivity index (χ3v) is 3.36. The quantitative estimate of drug-likeness (QED) is 0.873. The smallest absolute Gasteiger partial charge is 0.125 e. The van der Waals surface area contributed by atoms with E-state index >= 15 is 0 Å². The minimum Gasteiger partial charge on any atom is -0.496 e. The molecule has 2 rings (SSSR count). The first-order valence-corrected chi connectivity index (χ1v) is 6.61. The van der Waals surface area contributed by atoms with Crippen molar-refractivity contribution in [2.24, 2.45) is 0 Å². The summed E-state index contributed by atoms with van der Waals surface area (Å²) in [6.45, 7) is 4.23. The van der Waals surface area contributed by atoms with E-state index in [4.69, 9.17) is 20.5 Å². The molecule has 0 amide bonds. The Labute approximate surface area is 124 Å². The van der Waals surface area contributed by atoms with Gasteiger partial charge < -0.3 is 15.2 Å². The molecule has 0 aliphatic heterocycles. The van der Waals surface area contributed by atoms with Crippen LogP contribution >= 0.6 is 0 Å². The maximum atomic E-state index is 8.98. The highest BCUT2D eigenvalue weighted by molar-refractivity contribution is 5.53. The Morgan fingerprint density at radius 2 is 1.86 bits per heavy atom. The molecule has 108 valence electrons. The second kappa shape index (κ2) is 6.19. The highest BCUT2D eigenvalue weighted by Gasteiger charge is 2.08. The fourth-order valence-electron chi connectivity index (χ4n) is 2.08. The van der Waals surface area contributed by atoms with Gasteiger partial charge in [0.05, 0.1) is 18.7 Å². The van der Waals surface area contributed by atoms with E-state index in [2.05, 4.69) is 6.07 Å². The zero-order valence-electron chi connectivity index (χ0n) is 12.4. The highest BCUT2D eigenvalue weighted by atomic mass is 16.5. The molecule has 0 saturated heterocycles. The molecule has 21 heavy (non-hydrogen) atoms. The number of hydrogen-bond acceptors (Lipinski definition) is 4. The van der Waals surface area contributed by atoms with E-state index in [1.54, 1.807) is 25.3 Å². The minimum absolute atomic E-state index is 0.336. The molecule has 0 unspecified atom stereocenters. The third kappa shape index (κ3) is 3.26. The van der Waals surface area contributed by atoms with E-state index in [-0.39, 0.29) is 0 Å². The molecule has 4 heteroatoms. The van der Waals surface area contributed by atoms with Crippen molar-refractivity contribution in [1.82, 2.24) is 0 Å². The van der Waals surface area contributed by atoms with E-state index in [1.165, 1.54) is 0 Å². The van der Waals surface area contributed by atoms with Crippen molar-refractivity contribution < 1.29 is 9.47 Å². The van der Waals surface area contributed by atoms with Crippen LogP contribution in [-0.4, -0.2) is 7.11 Å². The number of anilines is 1. The zero-order chi connectivity index (χ0) is 15.4. The van der Waals surface area contributed by atoms with Crippen molar-refractivity contribution in [3.63, 3.8) is 0 Å². The molecular formula is C17H18N2O2. The molecule has 0 aliphatic rings. The Morgan fingerprint density at radius 1 is 1.10 bits per heavy atom. The number of ether oxygens (including phenoxy) is 2. The maximum absolute atomic E-state index is 8.98. The number of nitriles is 1. The first kappa shape index (κ1) is 14.7. The van der Waals surface area contributed by atoms with Gasteiger partial charge in [-0.3, -0.25) is 0 Å². The number of benzene rings is 2. The minimum atomic E-state index is 0.336. The highest BCUT2D eigenvalue weighted by Crippen LogP contribution is 2.27. The number of nitrogens with zero attached hydrogens (tertiary/aromatic N) is 1. The van der Waals surface area contributed by atoms with Crippen LogP contribution in [0.5, 0.6) is 11.5 Å². The summed E-state index contributed by atoms with van der Waals surface area (Å²) in [5.74, 6) is 1.49. The van der Waals surface area contributed by atoms with Crippen molar-refractivity contribution >= 4 is 5.69 Å². The third-order valence-electron chi connectivity index (χ3n) is 3.36. The molecule has 2 aromatic carbocycles. The average molecular weight is 282 g/mol. The summed E-state index contributed by atoms with van der Waals surface area (Å²) in [5, 5.41) is 8.98.